The minimum absolute atomic E-state index is 0.174. The first kappa shape index (κ1) is 15.7. The molecule has 0 radical (unpaired) electrons. The van der Waals surface area contributed by atoms with E-state index >= 15 is 0 Å². The van der Waals surface area contributed by atoms with Gasteiger partial charge in [-0.15, -0.1) is 13.2 Å². The second-order valence-electron chi connectivity index (χ2n) is 5.73. The Balaban J connectivity index is 1.68. The number of pyridine rings is 1. The van der Waals surface area contributed by atoms with Crippen LogP contribution in [0.25, 0.3) is 0 Å². The maximum atomic E-state index is 12.2. The van der Waals surface area contributed by atoms with Crippen molar-refractivity contribution in [2.24, 2.45) is 5.92 Å². The summed E-state index contributed by atoms with van der Waals surface area (Å²) in [6.45, 7) is 1.67. The normalized spacial score (nSPS) is 24.5. The number of carboxylic acid groups (broad SMARTS) is 1. The number of hydrogen-bond acceptors (Lipinski definition) is 4. The Morgan fingerprint density at radius 1 is 1.30 bits per heavy atom. The summed E-state index contributed by atoms with van der Waals surface area (Å²) in [5, 5.41) is 9.06. The largest absolute Gasteiger partial charge is 0.573 e. The van der Waals surface area contributed by atoms with Crippen LogP contribution >= 0.6 is 0 Å². The smallest absolute Gasteiger partial charge is 0.465 e. The number of fused-ring (bicyclic) bond motifs is 1. The van der Waals surface area contributed by atoms with Gasteiger partial charge in [0, 0.05) is 25.7 Å². The van der Waals surface area contributed by atoms with E-state index in [2.05, 4.69) is 9.72 Å². The third-order valence-corrected chi connectivity index (χ3v) is 4.35. The Morgan fingerprint density at radius 3 is 2.70 bits per heavy atom. The maximum Gasteiger partial charge on any atom is 0.573 e. The highest BCUT2D eigenvalue weighted by Gasteiger charge is 2.40. The molecule has 2 fully saturated rings. The molecule has 0 aliphatic carbocycles. The summed E-state index contributed by atoms with van der Waals surface area (Å²) in [4.78, 5) is 18.6. The minimum Gasteiger partial charge on any atom is -0.465 e. The van der Waals surface area contributed by atoms with Crippen LogP contribution in [0, 0.1) is 5.92 Å². The second kappa shape index (κ2) is 5.78. The number of nitrogens with zero attached hydrogens (tertiary/aromatic N) is 3. The predicted octanol–water partition coefficient (Wildman–Crippen LogP) is 2.56. The molecule has 23 heavy (non-hydrogen) atoms. The molecule has 0 unspecified atom stereocenters. The molecule has 1 N–H and O–H groups in total. The molecule has 0 saturated carbocycles. The van der Waals surface area contributed by atoms with Crippen LogP contribution in [0.1, 0.15) is 12.8 Å². The fourth-order valence-electron chi connectivity index (χ4n) is 3.38. The number of ether oxygens (including phenoxy) is 1. The van der Waals surface area contributed by atoms with E-state index in [4.69, 9.17) is 5.11 Å². The molecule has 9 heteroatoms. The molecule has 0 spiro atoms. The molecule has 3 rings (SSSR count). The van der Waals surface area contributed by atoms with Crippen LogP contribution in [0.3, 0.4) is 0 Å². The number of anilines is 1. The first-order valence-electron chi connectivity index (χ1n) is 7.30. The minimum atomic E-state index is -4.73. The first-order chi connectivity index (χ1) is 10.8. The summed E-state index contributed by atoms with van der Waals surface area (Å²) < 4.78 is 40.3. The molecule has 2 aliphatic heterocycles. The lowest BCUT2D eigenvalue weighted by Crippen LogP contribution is -2.47. The Kier molecular flexibility index (Phi) is 3.95. The average molecular weight is 331 g/mol. The first-order valence-corrected chi connectivity index (χ1v) is 7.30. The zero-order valence-corrected chi connectivity index (χ0v) is 12.2. The number of aromatic nitrogens is 1. The fraction of sp³-hybridized carbons (Fsp3) is 0.571. The van der Waals surface area contributed by atoms with Crippen LogP contribution < -0.4 is 9.64 Å². The molecule has 2 atom stereocenters. The lowest BCUT2D eigenvalue weighted by molar-refractivity contribution is -0.274. The highest BCUT2D eigenvalue weighted by molar-refractivity contribution is 5.65. The summed E-state index contributed by atoms with van der Waals surface area (Å²) in [5.74, 6) is 0.473. The molecular weight excluding hydrogens is 315 g/mol. The number of carbonyl (C=O) groups is 1. The van der Waals surface area contributed by atoms with E-state index in [-0.39, 0.29) is 17.7 Å². The molecule has 2 saturated heterocycles. The van der Waals surface area contributed by atoms with Gasteiger partial charge in [0.2, 0.25) is 0 Å². The summed E-state index contributed by atoms with van der Waals surface area (Å²) >= 11 is 0. The van der Waals surface area contributed by atoms with Gasteiger partial charge in [0.05, 0.1) is 6.20 Å². The lowest BCUT2D eigenvalue weighted by atomic mass is 9.93. The Labute approximate surface area is 130 Å². The third-order valence-electron chi connectivity index (χ3n) is 4.35. The van der Waals surface area contributed by atoms with Crippen LogP contribution in [0.2, 0.25) is 0 Å². The fourth-order valence-corrected chi connectivity index (χ4v) is 3.38. The van der Waals surface area contributed by atoms with E-state index in [0.29, 0.717) is 25.3 Å². The number of likely N-dealkylation sites (tertiary alicyclic amines) is 1. The zero-order valence-electron chi connectivity index (χ0n) is 12.2. The van der Waals surface area contributed by atoms with Crippen molar-refractivity contribution in [2.45, 2.75) is 25.2 Å². The van der Waals surface area contributed by atoms with Crippen molar-refractivity contribution in [3.8, 4) is 5.75 Å². The van der Waals surface area contributed by atoms with Crippen molar-refractivity contribution >= 4 is 11.9 Å². The monoisotopic (exact) mass is 331 g/mol. The molecule has 0 aromatic carbocycles. The van der Waals surface area contributed by atoms with E-state index in [1.807, 2.05) is 4.90 Å². The summed E-state index contributed by atoms with van der Waals surface area (Å²) in [7, 11) is 0. The number of hydrogen-bond donors (Lipinski definition) is 1. The predicted molar refractivity (Wildman–Crippen MR) is 74.4 cm³/mol. The summed E-state index contributed by atoms with van der Waals surface area (Å²) in [6, 6.07) is 2.93. The molecule has 0 bridgehead atoms. The van der Waals surface area contributed by atoms with Crippen molar-refractivity contribution < 1.29 is 27.8 Å². The Morgan fingerprint density at radius 2 is 2.09 bits per heavy atom. The van der Waals surface area contributed by atoms with Gasteiger partial charge in [0.1, 0.15) is 11.6 Å². The van der Waals surface area contributed by atoms with E-state index < -0.39 is 12.5 Å². The van der Waals surface area contributed by atoms with Gasteiger partial charge in [-0.2, -0.15) is 0 Å². The summed E-state index contributed by atoms with van der Waals surface area (Å²) in [5.41, 5.74) is 0. The van der Waals surface area contributed by atoms with Gasteiger partial charge < -0.3 is 19.6 Å². The van der Waals surface area contributed by atoms with Crippen LogP contribution in [-0.2, 0) is 0 Å². The van der Waals surface area contributed by atoms with E-state index in [0.717, 1.165) is 19.2 Å². The van der Waals surface area contributed by atoms with E-state index in [1.165, 1.54) is 17.0 Å². The highest BCUT2D eigenvalue weighted by atomic mass is 19.4. The lowest BCUT2D eigenvalue weighted by Gasteiger charge is -2.37. The molecule has 3 heterocycles. The molecule has 1 aromatic heterocycles. The third kappa shape index (κ3) is 3.43. The quantitative estimate of drug-likeness (QED) is 0.902. The number of rotatable bonds is 2. The van der Waals surface area contributed by atoms with Crippen LogP contribution in [0.15, 0.2) is 18.3 Å². The number of halogens is 3. The van der Waals surface area contributed by atoms with E-state index in [1.54, 1.807) is 0 Å². The average Bonchev–Trinajstić information content (AvgIpc) is 2.89. The van der Waals surface area contributed by atoms with Gasteiger partial charge in [-0.25, -0.2) is 9.78 Å². The molecular formula is C14H16F3N3O3. The second-order valence-corrected chi connectivity index (χ2v) is 5.73. The van der Waals surface area contributed by atoms with Crippen LogP contribution in [0.4, 0.5) is 23.8 Å². The standard InChI is InChI=1S/C14H16F3N3O3/c15-14(16,17)23-10-1-2-12(18-7-10)20-6-3-9-8-19(13(21)22)5-4-11(9)20/h1-2,7,9,11H,3-6,8H2,(H,21,22)/t9-,11+/m0/s1. The summed E-state index contributed by atoms with van der Waals surface area (Å²) in [6.07, 6.45) is -3.04. The van der Waals surface area contributed by atoms with Gasteiger partial charge in [0.25, 0.3) is 0 Å². The van der Waals surface area contributed by atoms with Gasteiger partial charge in [-0.1, -0.05) is 0 Å². The molecule has 1 aromatic rings. The highest BCUT2D eigenvalue weighted by Crippen LogP contribution is 2.35. The number of amides is 1. The van der Waals surface area contributed by atoms with Gasteiger partial charge in [-0.05, 0) is 30.9 Å². The van der Waals surface area contributed by atoms with Crippen LogP contribution in [0.5, 0.6) is 5.75 Å². The SMILES string of the molecule is O=C(O)N1CC[C@@H]2[C@@H](CCN2c2ccc(OC(F)(F)F)cn2)C1. The topological polar surface area (TPSA) is 65.9 Å². The van der Waals surface area contributed by atoms with Gasteiger partial charge >= 0.3 is 12.5 Å². The van der Waals surface area contributed by atoms with Gasteiger partial charge in [0.15, 0.2) is 0 Å². The molecule has 1 amide bonds. The Bertz CT molecular complexity index is 579. The van der Waals surface area contributed by atoms with Crippen LogP contribution in [-0.4, -0.2) is 53.1 Å². The van der Waals surface area contributed by atoms with Crippen molar-refractivity contribution in [1.29, 1.82) is 0 Å². The molecule has 2 aliphatic rings. The maximum absolute atomic E-state index is 12.2. The van der Waals surface area contributed by atoms with Crippen molar-refractivity contribution in [2.75, 3.05) is 24.5 Å². The molecule has 6 nitrogen and oxygen atoms in total. The van der Waals surface area contributed by atoms with Crippen molar-refractivity contribution in [3.63, 3.8) is 0 Å². The van der Waals surface area contributed by atoms with Gasteiger partial charge in [-0.3, -0.25) is 0 Å². The zero-order chi connectivity index (χ0) is 16.6. The number of alkyl halides is 3. The Hall–Kier alpha value is -2.19. The van der Waals surface area contributed by atoms with E-state index in [9.17, 15) is 18.0 Å². The number of piperidine rings is 1. The van der Waals surface area contributed by atoms with Crippen molar-refractivity contribution in [3.05, 3.63) is 18.3 Å². The van der Waals surface area contributed by atoms with Crippen molar-refractivity contribution in [1.82, 2.24) is 9.88 Å². The molecule has 126 valence electrons.